The third-order valence-electron chi connectivity index (χ3n) is 3.40. The fourth-order valence-electron chi connectivity index (χ4n) is 2.13. The maximum absolute atomic E-state index is 13.7. The zero-order chi connectivity index (χ0) is 19.4. The summed E-state index contributed by atoms with van der Waals surface area (Å²) in [6, 6.07) is 13.2. The Kier molecular flexibility index (Phi) is 5.00. The number of sulfonamides is 1. The van der Waals surface area contributed by atoms with Gasteiger partial charge in [0.25, 0.3) is 10.0 Å². The predicted octanol–water partition coefficient (Wildman–Crippen LogP) is 3.82. The molecule has 3 rings (SSSR count). The van der Waals surface area contributed by atoms with Crippen molar-refractivity contribution < 1.29 is 21.9 Å². The van der Waals surface area contributed by atoms with Crippen LogP contribution in [0, 0.1) is 23.0 Å². The van der Waals surface area contributed by atoms with Crippen LogP contribution in [0.25, 0.3) is 0 Å². The van der Waals surface area contributed by atoms with Crippen LogP contribution in [0.15, 0.2) is 65.7 Å². The van der Waals surface area contributed by atoms with Crippen molar-refractivity contribution in [1.82, 2.24) is 4.98 Å². The largest absolute Gasteiger partial charge is 0.453 e. The lowest BCUT2D eigenvalue weighted by atomic mass is 10.2. The van der Waals surface area contributed by atoms with E-state index >= 15 is 0 Å². The van der Waals surface area contributed by atoms with Crippen LogP contribution >= 0.6 is 0 Å². The molecule has 0 saturated carbocycles. The second-order valence-corrected chi connectivity index (χ2v) is 6.95. The first-order valence-corrected chi connectivity index (χ1v) is 8.98. The highest BCUT2D eigenvalue weighted by Crippen LogP contribution is 2.29. The Balaban J connectivity index is 1.90. The minimum Gasteiger partial charge on any atom is -0.453 e. The van der Waals surface area contributed by atoms with Crippen LogP contribution in [-0.2, 0) is 10.0 Å². The third kappa shape index (κ3) is 4.19. The summed E-state index contributed by atoms with van der Waals surface area (Å²) in [6.45, 7) is 0. The quantitative estimate of drug-likeness (QED) is 0.718. The maximum atomic E-state index is 13.7. The zero-order valence-corrected chi connectivity index (χ0v) is 14.4. The van der Waals surface area contributed by atoms with Crippen LogP contribution in [0.3, 0.4) is 0 Å². The Morgan fingerprint density at radius 1 is 1.04 bits per heavy atom. The SMILES string of the molecule is N#Cc1cc(S(=O)(=O)Nc2ccc(F)cn2)ccc1Oc1ccccc1F. The van der Waals surface area contributed by atoms with Gasteiger partial charge in [-0.2, -0.15) is 5.26 Å². The zero-order valence-electron chi connectivity index (χ0n) is 13.6. The number of pyridine rings is 1. The fourth-order valence-corrected chi connectivity index (χ4v) is 3.17. The van der Waals surface area contributed by atoms with Gasteiger partial charge in [0.1, 0.15) is 23.5 Å². The van der Waals surface area contributed by atoms with Crippen LogP contribution in [0.5, 0.6) is 11.5 Å². The number of benzene rings is 2. The third-order valence-corrected chi connectivity index (χ3v) is 4.76. The van der Waals surface area contributed by atoms with Gasteiger partial charge in [-0.05, 0) is 42.5 Å². The first kappa shape index (κ1) is 18.3. The summed E-state index contributed by atoms with van der Waals surface area (Å²) in [7, 11) is -4.07. The lowest BCUT2D eigenvalue weighted by Crippen LogP contribution is -2.14. The van der Waals surface area contributed by atoms with Crippen LogP contribution < -0.4 is 9.46 Å². The molecule has 2 aromatic carbocycles. The van der Waals surface area contributed by atoms with Gasteiger partial charge in [-0.1, -0.05) is 12.1 Å². The molecule has 0 aliphatic heterocycles. The molecular weight excluding hydrogens is 376 g/mol. The van der Waals surface area contributed by atoms with Crippen LogP contribution in [-0.4, -0.2) is 13.4 Å². The van der Waals surface area contributed by atoms with Crippen molar-refractivity contribution >= 4 is 15.8 Å². The number of rotatable bonds is 5. The van der Waals surface area contributed by atoms with E-state index in [1.54, 1.807) is 6.07 Å². The van der Waals surface area contributed by atoms with Gasteiger partial charge in [0.2, 0.25) is 0 Å². The molecule has 0 bridgehead atoms. The Hall–Kier alpha value is -3.51. The number of halogens is 2. The van der Waals surface area contributed by atoms with E-state index in [0.29, 0.717) is 0 Å². The van der Waals surface area contributed by atoms with E-state index < -0.39 is 21.7 Å². The highest BCUT2D eigenvalue weighted by Gasteiger charge is 2.18. The number of nitriles is 1. The average molecular weight is 387 g/mol. The van der Waals surface area contributed by atoms with Gasteiger partial charge in [0.05, 0.1) is 16.7 Å². The molecule has 1 N–H and O–H groups in total. The summed E-state index contributed by atoms with van der Waals surface area (Å²) in [5.41, 5.74) is -0.104. The molecule has 1 heterocycles. The second-order valence-electron chi connectivity index (χ2n) is 5.27. The lowest BCUT2D eigenvalue weighted by Gasteiger charge is -2.11. The second kappa shape index (κ2) is 7.39. The van der Waals surface area contributed by atoms with E-state index in [0.717, 1.165) is 24.4 Å². The molecule has 6 nitrogen and oxygen atoms in total. The summed E-state index contributed by atoms with van der Waals surface area (Å²) in [6.07, 6.45) is 0.865. The van der Waals surface area contributed by atoms with E-state index in [-0.39, 0.29) is 27.8 Å². The smallest absolute Gasteiger partial charge is 0.263 e. The summed E-state index contributed by atoms with van der Waals surface area (Å²) in [5.74, 6) is -1.41. The van der Waals surface area contributed by atoms with Crippen molar-refractivity contribution in [2.24, 2.45) is 0 Å². The summed E-state index contributed by atoms with van der Waals surface area (Å²) < 4.78 is 59.0. The molecule has 3 aromatic rings. The van der Waals surface area contributed by atoms with Crippen molar-refractivity contribution in [2.75, 3.05) is 4.72 Å². The van der Waals surface area contributed by atoms with Crippen molar-refractivity contribution in [3.8, 4) is 17.6 Å². The highest BCUT2D eigenvalue weighted by atomic mass is 32.2. The van der Waals surface area contributed by atoms with Gasteiger partial charge in [0.15, 0.2) is 11.6 Å². The normalized spacial score (nSPS) is 10.9. The van der Waals surface area contributed by atoms with Crippen molar-refractivity contribution in [2.45, 2.75) is 4.90 Å². The van der Waals surface area contributed by atoms with Crippen molar-refractivity contribution in [3.05, 3.63) is 78.0 Å². The van der Waals surface area contributed by atoms with Crippen LogP contribution in [0.2, 0.25) is 0 Å². The highest BCUT2D eigenvalue weighted by molar-refractivity contribution is 7.92. The fraction of sp³-hybridized carbons (Fsp3) is 0. The van der Waals surface area contributed by atoms with E-state index in [9.17, 15) is 22.5 Å². The van der Waals surface area contributed by atoms with E-state index in [2.05, 4.69) is 9.71 Å². The molecule has 9 heteroatoms. The first-order valence-electron chi connectivity index (χ1n) is 7.50. The molecule has 27 heavy (non-hydrogen) atoms. The average Bonchev–Trinajstić information content (AvgIpc) is 2.65. The first-order chi connectivity index (χ1) is 12.9. The van der Waals surface area contributed by atoms with Crippen molar-refractivity contribution in [3.63, 3.8) is 0 Å². The molecule has 0 unspecified atom stereocenters. The van der Waals surface area contributed by atoms with Gasteiger partial charge in [-0.15, -0.1) is 0 Å². The van der Waals surface area contributed by atoms with Gasteiger partial charge < -0.3 is 4.74 Å². The lowest BCUT2D eigenvalue weighted by molar-refractivity contribution is 0.441. The molecule has 0 aliphatic rings. The van der Waals surface area contributed by atoms with Gasteiger partial charge in [-0.3, -0.25) is 4.72 Å². The molecule has 0 fully saturated rings. The molecule has 0 saturated heterocycles. The Labute approximate surface area is 153 Å². The van der Waals surface area contributed by atoms with Gasteiger partial charge in [0, 0.05) is 0 Å². The topological polar surface area (TPSA) is 92.1 Å². The Morgan fingerprint density at radius 2 is 1.81 bits per heavy atom. The van der Waals surface area contributed by atoms with Crippen molar-refractivity contribution in [1.29, 1.82) is 5.26 Å². The number of anilines is 1. The predicted molar refractivity (Wildman–Crippen MR) is 92.6 cm³/mol. The molecule has 0 radical (unpaired) electrons. The number of para-hydroxylation sites is 1. The molecule has 136 valence electrons. The van der Waals surface area contributed by atoms with E-state index in [1.807, 2.05) is 6.07 Å². The number of nitrogens with one attached hydrogen (secondary N) is 1. The number of nitrogens with zero attached hydrogens (tertiary/aromatic N) is 2. The molecular formula is C18H11F2N3O3S. The van der Waals surface area contributed by atoms with E-state index in [4.69, 9.17) is 4.74 Å². The number of ether oxygens (including phenoxy) is 1. The molecule has 0 amide bonds. The monoisotopic (exact) mass is 387 g/mol. The van der Waals surface area contributed by atoms with Gasteiger partial charge >= 0.3 is 0 Å². The summed E-state index contributed by atoms with van der Waals surface area (Å²) in [5, 5.41) is 9.28. The number of aromatic nitrogens is 1. The molecule has 0 spiro atoms. The maximum Gasteiger partial charge on any atom is 0.263 e. The van der Waals surface area contributed by atoms with Crippen LogP contribution in [0.4, 0.5) is 14.6 Å². The Bertz CT molecular complexity index is 1130. The number of hydrogen-bond acceptors (Lipinski definition) is 5. The molecule has 1 aromatic heterocycles. The minimum absolute atomic E-state index is 0.00135. The van der Waals surface area contributed by atoms with E-state index in [1.165, 1.54) is 30.3 Å². The standard InChI is InChI=1S/C18H11F2N3O3S/c19-13-5-8-18(22-11-13)23-27(24,25)14-6-7-16(12(9-14)10-21)26-17-4-2-1-3-15(17)20/h1-9,11H,(H,22,23). The van der Waals surface area contributed by atoms with Gasteiger partial charge in [-0.25, -0.2) is 22.2 Å². The Morgan fingerprint density at radius 3 is 2.48 bits per heavy atom. The number of hydrogen-bond donors (Lipinski definition) is 1. The minimum atomic E-state index is -4.07. The molecule has 0 aliphatic carbocycles. The summed E-state index contributed by atoms with van der Waals surface area (Å²) >= 11 is 0. The molecule has 0 atom stereocenters. The summed E-state index contributed by atoms with van der Waals surface area (Å²) in [4.78, 5) is 3.39. The van der Waals surface area contributed by atoms with Crippen LogP contribution in [0.1, 0.15) is 5.56 Å².